The van der Waals surface area contributed by atoms with E-state index in [1.54, 1.807) is 11.8 Å². The third kappa shape index (κ3) is 4.37. The molecule has 0 aliphatic heterocycles. The highest BCUT2D eigenvalue weighted by Gasteiger charge is 2.02. The second-order valence-electron chi connectivity index (χ2n) is 3.27. The average Bonchev–Trinajstić information content (AvgIpc) is 2.32. The van der Waals surface area contributed by atoms with Crippen molar-refractivity contribution in [2.24, 2.45) is 0 Å². The molecule has 0 saturated heterocycles. The van der Waals surface area contributed by atoms with Gasteiger partial charge in [0.05, 0.1) is 0 Å². The fraction of sp³-hybridized carbons (Fsp3) is 0.308. The van der Waals surface area contributed by atoms with Crippen molar-refractivity contribution in [3.05, 3.63) is 41.3 Å². The number of benzene rings is 1. The second-order valence-corrected chi connectivity index (χ2v) is 4.81. The molecule has 0 atom stereocenters. The van der Waals surface area contributed by atoms with E-state index in [0.29, 0.717) is 0 Å². The van der Waals surface area contributed by atoms with Crippen molar-refractivity contribution >= 4 is 34.4 Å². The molecule has 0 amide bonds. The Morgan fingerprint density at radius 2 is 1.88 bits per heavy atom. The molecule has 16 heavy (non-hydrogen) atoms. The van der Waals surface area contributed by atoms with Crippen LogP contribution in [0.15, 0.2) is 35.7 Å². The highest BCUT2D eigenvalue weighted by atomic mass is 32.2. The SMILES string of the molecule is CCN(CC)C(=S)S/C=C/c1ccccc1. The van der Waals surface area contributed by atoms with Gasteiger partial charge < -0.3 is 4.90 Å². The lowest BCUT2D eigenvalue weighted by molar-refractivity contribution is 0.482. The maximum atomic E-state index is 5.33. The molecule has 1 aromatic carbocycles. The van der Waals surface area contributed by atoms with Crippen molar-refractivity contribution in [3.63, 3.8) is 0 Å². The van der Waals surface area contributed by atoms with Gasteiger partial charge in [-0.3, -0.25) is 0 Å². The largest absolute Gasteiger partial charge is 0.358 e. The maximum absolute atomic E-state index is 5.33. The zero-order valence-corrected chi connectivity index (χ0v) is 11.4. The van der Waals surface area contributed by atoms with E-state index in [9.17, 15) is 0 Å². The lowest BCUT2D eigenvalue weighted by Crippen LogP contribution is -2.26. The summed E-state index contributed by atoms with van der Waals surface area (Å²) in [6, 6.07) is 10.3. The fourth-order valence-corrected chi connectivity index (χ4v) is 2.47. The quantitative estimate of drug-likeness (QED) is 0.744. The molecule has 1 nitrogen and oxygen atoms in total. The van der Waals surface area contributed by atoms with Crippen molar-refractivity contribution in [1.82, 2.24) is 4.90 Å². The van der Waals surface area contributed by atoms with Crippen LogP contribution < -0.4 is 0 Å². The van der Waals surface area contributed by atoms with Crippen LogP contribution >= 0.6 is 24.0 Å². The van der Waals surface area contributed by atoms with Crippen LogP contribution in [0.25, 0.3) is 6.08 Å². The third-order valence-electron chi connectivity index (χ3n) is 2.25. The van der Waals surface area contributed by atoms with Gasteiger partial charge in [0, 0.05) is 13.1 Å². The van der Waals surface area contributed by atoms with Gasteiger partial charge in [0.2, 0.25) is 0 Å². The Balaban J connectivity index is 2.45. The highest BCUT2D eigenvalue weighted by molar-refractivity contribution is 8.24. The lowest BCUT2D eigenvalue weighted by atomic mass is 10.2. The van der Waals surface area contributed by atoms with Gasteiger partial charge in [-0.15, -0.1) is 0 Å². The zero-order valence-electron chi connectivity index (χ0n) is 9.72. The molecular weight excluding hydrogens is 234 g/mol. The molecule has 1 rings (SSSR count). The van der Waals surface area contributed by atoms with Crippen LogP contribution in [-0.2, 0) is 0 Å². The Morgan fingerprint density at radius 3 is 2.44 bits per heavy atom. The van der Waals surface area contributed by atoms with E-state index >= 15 is 0 Å². The molecule has 86 valence electrons. The van der Waals surface area contributed by atoms with Crippen LogP contribution in [0.4, 0.5) is 0 Å². The van der Waals surface area contributed by atoms with Crippen molar-refractivity contribution < 1.29 is 0 Å². The van der Waals surface area contributed by atoms with Crippen LogP contribution in [0.2, 0.25) is 0 Å². The fourth-order valence-electron chi connectivity index (χ4n) is 1.29. The molecule has 0 radical (unpaired) electrons. The second kappa shape index (κ2) is 7.47. The molecule has 0 spiro atoms. The predicted molar refractivity (Wildman–Crippen MR) is 78.6 cm³/mol. The van der Waals surface area contributed by atoms with Crippen LogP contribution in [0.5, 0.6) is 0 Å². The van der Waals surface area contributed by atoms with E-state index in [2.05, 4.69) is 42.4 Å². The Labute approximate surface area is 108 Å². The van der Waals surface area contributed by atoms with Crippen molar-refractivity contribution in [3.8, 4) is 0 Å². The molecule has 1 aromatic rings. The molecule has 0 aromatic heterocycles. The summed E-state index contributed by atoms with van der Waals surface area (Å²) in [6.07, 6.45) is 2.08. The minimum Gasteiger partial charge on any atom is -0.358 e. The molecule has 3 heteroatoms. The molecule has 0 heterocycles. The highest BCUT2D eigenvalue weighted by Crippen LogP contribution is 2.13. The third-order valence-corrected chi connectivity index (χ3v) is 3.53. The Kier molecular flexibility index (Phi) is 6.19. The van der Waals surface area contributed by atoms with Crippen molar-refractivity contribution in [2.45, 2.75) is 13.8 Å². The van der Waals surface area contributed by atoms with E-state index in [1.165, 1.54) is 5.56 Å². The standard InChI is InChI=1S/C13H17NS2/c1-3-14(4-2)13(15)16-11-10-12-8-6-5-7-9-12/h5-11H,3-4H2,1-2H3/b11-10+. The van der Waals surface area contributed by atoms with E-state index < -0.39 is 0 Å². The summed E-state index contributed by atoms with van der Waals surface area (Å²) in [7, 11) is 0. The van der Waals surface area contributed by atoms with E-state index in [4.69, 9.17) is 12.2 Å². The first kappa shape index (κ1) is 13.3. The Morgan fingerprint density at radius 1 is 1.25 bits per heavy atom. The van der Waals surface area contributed by atoms with E-state index in [-0.39, 0.29) is 0 Å². The van der Waals surface area contributed by atoms with E-state index in [0.717, 1.165) is 17.4 Å². The zero-order chi connectivity index (χ0) is 11.8. The van der Waals surface area contributed by atoms with E-state index in [1.807, 2.05) is 18.2 Å². The summed E-state index contributed by atoms with van der Waals surface area (Å²) < 4.78 is 0.942. The molecule has 0 N–H and O–H groups in total. The molecule has 0 saturated carbocycles. The molecule has 0 fully saturated rings. The van der Waals surface area contributed by atoms with Gasteiger partial charge in [0.25, 0.3) is 0 Å². The number of hydrogen-bond acceptors (Lipinski definition) is 2. The van der Waals surface area contributed by atoms with Gasteiger partial charge in [-0.05, 0) is 30.9 Å². The topological polar surface area (TPSA) is 3.24 Å². The van der Waals surface area contributed by atoms with Crippen LogP contribution in [-0.4, -0.2) is 22.3 Å². The van der Waals surface area contributed by atoms with Crippen LogP contribution in [0.1, 0.15) is 19.4 Å². The minimum absolute atomic E-state index is 0.942. The van der Waals surface area contributed by atoms with Gasteiger partial charge in [-0.1, -0.05) is 54.3 Å². The van der Waals surface area contributed by atoms with Gasteiger partial charge in [0.1, 0.15) is 4.32 Å². The number of rotatable bonds is 4. The first-order chi connectivity index (χ1) is 7.77. The number of nitrogens with zero attached hydrogens (tertiary/aromatic N) is 1. The average molecular weight is 251 g/mol. The molecule has 0 aliphatic rings. The van der Waals surface area contributed by atoms with Gasteiger partial charge in [-0.2, -0.15) is 0 Å². The van der Waals surface area contributed by atoms with Crippen molar-refractivity contribution in [2.75, 3.05) is 13.1 Å². The van der Waals surface area contributed by atoms with Gasteiger partial charge in [0.15, 0.2) is 0 Å². The molecular formula is C13H17NS2. The predicted octanol–water partition coefficient (Wildman–Crippen LogP) is 4.02. The van der Waals surface area contributed by atoms with Crippen LogP contribution in [0, 0.1) is 0 Å². The Bertz CT molecular complexity index is 342. The molecule has 0 aliphatic carbocycles. The van der Waals surface area contributed by atoms with Crippen molar-refractivity contribution in [1.29, 1.82) is 0 Å². The summed E-state index contributed by atoms with van der Waals surface area (Å²) in [5, 5.41) is 2.05. The lowest BCUT2D eigenvalue weighted by Gasteiger charge is -2.19. The van der Waals surface area contributed by atoms with Crippen LogP contribution in [0.3, 0.4) is 0 Å². The first-order valence-electron chi connectivity index (χ1n) is 5.45. The molecule has 0 bridgehead atoms. The normalized spacial score (nSPS) is 10.6. The number of thioether (sulfide) groups is 1. The Hall–Kier alpha value is -0.800. The summed E-state index contributed by atoms with van der Waals surface area (Å²) >= 11 is 6.93. The first-order valence-corrected chi connectivity index (χ1v) is 6.73. The number of hydrogen-bond donors (Lipinski definition) is 0. The van der Waals surface area contributed by atoms with Gasteiger partial charge in [-0.25, -0.2) is 0 Å². The summed E-state index contributed by atoms with van der Waals surface area (Å²) in [5.41, 5.74) is 1.21. The summed E-state index contributed by atoms with van der Waals surface area (Å²) in [6.45, 7) is 6.19. The minimum atomic E-state index is 0.942. The summed E-state index contributed by atoms with van der Waals surface area (Å²) in [5.74, 6) is 0. The monoisotopic (exact) mass is 251 g/mol. The summed E-state index contributed by atoms with van der Waals surface area (Å²) in [4.78, 5) is 2.18. The molecule has 0 unspecified atom stereocenters. The maximum Gasteiger partial charge on any atom is 0.140 e. The number of thiocarbonyl (C=S) groups is 1. The smallest absolute Gasteiger partial charge is 0.140 e. The van der Waals surface area contributed by atoms with Gasteiger partial charge >= 0.3 is 0 Å².